The fourth-order valence-electron chi connectivity index (χ4n) is 2.25. The second kappa shape index (κ2) is 5.69. The quantitative estimate of drug-likeness (QED) is 0.771. The van der Waals surface area contributed by atoms with E-state index in [2.05, 4.69) is 15.0 Å². The number of phenolic OH excluding ortho intramolecular Hbond substituents is 1. The van der Waals surface area contributed by atoms with E-state index in [0.29, 0.717) is 11.6 Å². The van der Waals surface area contributed by atoms with Crippen molar-refractivity contribution in [2.45, 2.75) is 6.92 Å². The van der Waals surface area contributed by atoms with Crippen LogP contribution in [0.2, 0.25) is 5.02 Å². The first-order valence-corrected chi connectivity index (χ1v) is 7.02. The predicted molar refractivity (Wildman–Crippen MR) is 85.2 cm³/mol. The molecule has 0 aliphatic rings. The van der Waals surface area contributed by atoms with E-state index in [9.17, 15) is 5.11 Å². The number of methoxy groups -OCH3 is 1. The molecule has 0 unspecified atom stereocenters. The van der Waals surface area contributed by atoms with Crippen LogP contribution < -0.4 is 4.74 Å². The maximum absolute atomic E-state index is 9.81. The minimum absolute atomic E-state index is 0.0799. The standard InChI is InChI=1S/C16H14ClN3O2/c1-9-14(10-4-3-5-18-8-10)20-16(19-9)11-6-12(17)15(21)13(7-11)22-2/h3-8,21H,1-2H3,(H,19,20). The molecule has 22 heavy (non-hydrogen) atoms. The van der Waals surface area contributed by atoms with Gasteiger partial charge in [0.1, 0.15) is 5.82 Å². The first-order valence-electron chi connectivity index (χ1n) is 6.64. The summed E-state index contributed by atoms with van der Waals surface area (Å²) in [6.45, 7) is 1.94. The maximum Gasteiger partial charge on any atom is 0.176 e. The summed E-state index contributed by atoms with van der Waals surface area (Å²) in [5.74, 6) is 0.875. The molecular weight excluding hydrogens is 302 g/mol. The van der Waals surface area contributed by atoms with E-state index < -0.39 is 0 Å². The molecule has 0 spiro atoms. The van der Waals surface area contributed by atoms with Crippen molar-refractivity contribution in [1.29, 1.82) is 0 Å². The van der Waals surface area contributed by atoms with Gasteiger partial charge >= 0.3 is 0 Å². The van der Waals surface area contributed by atoms with Gasteiger partial charge in [0.05, 0.1) is 17.8 Å². The van der Waals surface area contributed by atoms with Gasteiger partial charge in [0.25, 0.3) is 0 Å². The van der Waals surface area contributed by atoms with Gasteiger partial charge in [-0.3, -0.25) is 4.98 Å². The molecule has 0 radical (unpaired) electrons. The van der Waals surface area contributed by atoms with Gasteiger partial charge in [-0.05, 0) is 31.2 Å². The summed E-state index contributed by atoms with van der Waals surface area (Å²) in [4.78, 5) is 11.9. The second-order valence-corrected chi connectivity index (χ2v) is 5.22. The predicted octanol–water partition coefficient (Wildman–Crippen LogP) is 3.81. The van der Waals surface area contributed by atoms with Crippen LogP contribution in [0.25, 0.3) is 22.6 Å². The molecule has 2 N–H and O–H groups in total. The zero-order chi connectivity index (χ0) is 15.7. The summed E-state index contributed by atoms with van der Waals surface area (Å²) < 4.78 is 5.12. The molecule has 0 aliphatic heterocycles. The van der Waals surface area contributed by atoms with Crippen LogP contribution in [0, 0.1) is 6.92 Å². The Hall–Kier alpha value is -2.53. The highest BCUT2D eigenvalue weighted by atomic mass is 35.5. The number of nitrogens with one attached hydrogen (secondary N) is 1. The van der Waals surface area contributed by atoms with E-state index in [4.69, 9.17) is 16.3 Å². The number of ether oxygens (including phenoxy) is 1. The SMILES string of the molecule is COc1cc(-c2nc(-c3cccnc3)c(C)[nH]2)cc(Cl)c1O. The Morgan fingerprint density at radius 1 is 1.27 bits per heavy atom. The Bertz CT molecular complexity index is 816. The van der Waals surface area contributed by atoms with Crippen molar-refractivity contribution in [3.63, 3.8) is 0 Å². The Morgan fingerprint density at radius 3 is 2.77 bits per heavy atom. The molecule has 0 saturated heterocycles. The van der Waals surface area contributed by atoms with E-state index in [1.165, 1.54) is 7.11 Å². The Kier molecular flexibility index (Phi) is 3.73. The van der Waals surface area contributed by atoms with E-state index in [-0.39, 0.29) is 10.8 Å². The number of imidazole rings is 1. The monoisotopic (exact) mass is 315 g/mol. The van der Waals surface area contributed by atoms with Crippen molar-refractivity contribution < 1.29 is 9.84 Å². The highest BCUT2D eigenvalue weighted by molar-refractivity contribution is 6.32. The van der Waals surface area contributed by atoms with Crippen molar-refractivity contribution in [1.82, 2.24) is 15.0 Å². The molecule has 5 nitrogen and oxygen atoms in total. The minimum Gasteiger partial charge on any atom is -0.503 e. The van der Waals surface area contributed by atoms with Gasteiger partial charge < -0.3 is 14.8 Å². The number of aromatic hydroxyl groups is 1. The number of hydrogen-bond donors (Lipinski definition) is 2. The Labute approximate surface area is 132 Å². The molecule has 3 aromatic rings. The van der Waals surface area contributed by atoms with Gasteiger partial charge in [0, 0.05) is 29.2 Å². The number of aromatic amines is 1. The molecular formula is C16H14ClN3O2. The number of pyridine rings is 1. The highest BCUT2D eigenvalue weighted by Gasteiger charge is 2.15. The van der Waals surface area contributed by atoms with E-state index in [1.54, 1.807) is 24.5 Å². The molecule has 6 heteroatoms. The number of hydrogen-bond acceptors (Lipinski definition) is 4. The lowest BCUT2D eigenvalue weighted by molar-refractivity contribution is 0.374. The molecule has 112 valence electrons. The summed E-state index contributed by atoms with van der Waals surface area (Å²) in [7, 11) is 1.48. The molecule has 0 atom stereocenters. The molecule has 0 fully saturated rings. The van der Waals surface area contributed by atoms with Gasteiger partial charge in [-0.1, -0.05) is 11.6 Å². The van der Waals surface area contributed by atoms with E-state index in [1.807, 2.05) is 19.1 Å². The summed E-state index contributed by atoms with van der Waals surface area (Å²) >= 11 is 6.03. The number of aromatic nitrogens is 3. The first kappa shape index (κ1) is 14.4. The minimum atomic E-state index is -0.0799. The molecule has 2 aromatic heterocycles. The first-order chi connectivity index (χ1) is 10.6. The Balaban J connectivity index is 2.09. The number of benzene rings is 1. The molecule has 0 bridgehead atoms. The average molecular weight is 316 g/mol. The van der Waals surface area contributed by atoms with Gasteiger partial charge in [-0.25, -0.2) is 4.98 Å². The smallest absolute Gasteiger partial charge is 0.176 e. The maximum atomic E-state index is 9.81. The van der Waals surface area contributed by atoms with Crippen LogP contribution in [-0.2, 0) is 0 Å². The summed E-state index contributed by atoms with van der Waals surface area (Å²) in [5, 5.41) is 10.0. The molecule has 3 rings (SSSR count). The fraction of sp³-hybridized carbons (Fsp3) is 0.125. The molecule has 2 heterocycles. The van der Waals surface area contributed by atoms with Crippen molar-refractivity contribution >= 4 is 11.6 Å². The number of aryl methyl sites for hydroxylation is 1. The van der Waals surface area contributed by atoms with Gasteiger partial charge in [-0.15, -0.1) is 0 Å². The van der Waals surface area contributed by atoms with Crippen molar-refractivity contribution in [3.05, 3.63) is 47.4 Å². The van der Waals surface area contributed by atoms with Crippen LogP contribution in [0.15, 0.2) is 36.7 Å². The molecule has 0 aliphatic carbocycles. The normalized spacial score (nSPS) is 10.7. The second-order valence-electron chi connectivity index (χ2n) is 4.81. The number of halogens is 1. The number of nitrogens with zero attached hydrogens (tertiary/aromatic N) is 2. The van der Waals surface area contributed by atoms with Gasteiger partial charge in [-0.2, -0.15) is 0 Å². The van der Waals surface area contributed by atoms with Crippen molar-refractivity contribution in [2.75, 3.05) is 7.11 Å². The topological polar surface area (TPSA) is 71.0 Å². The zero-order valence-electron chi connectivity index (χ0n) is 12.1. The van der Waals surface area contributed by atoms with E-state index >= 15 is 0 Å². The van der Waals surface area contributed by atoms with Gasteiger partial charge in [0.2, 0.25) is 0 Å². The van der Waals surface area contributed by atoms with Crippen LogP contribution in [0.5, 0.6) is 11.5 Å². The zero-order valence-corrected chi connectivity index (χ0v) is 12.8. The number of H-pyrrole nitrogens is 1. The molecule has 0 saturated carbocycles. The lowest BCUT2D eigenvalue weighted by Gasteiger charge is -2.07. The number of phenols is 1. The Morgan fingerprint density at radius 2 is 2.09 bits per heavy atom. The summed E-state index contributed by atoms with van der Waals surface area (Å²) in [6, 6.07) is 7.14. The third-order valence-electron chi connectivity index (χ3n) is 3.34. The highest BCUT2D eigenvalue weighted by Crippen LogP contribution is 2.38. The lowest BCUT2D eigenvalue weighted by Crippen LogP contribution is -1.88. The summed E-state index contributed by atoms with van der Waals surface area (Å²) in [6.07, 6.45) is 3.48. The molecule has 0 amide bonds. The summed E-state index contributed by atoms with van der Waals surface area (Å²) in [5.41, 5.74) is 3.41. The van der Waals surface area contributed by atoms with Crippen LogP contribution >= 0.6 is 11.6 Å². The van der Waals surface area contributed by atoms with Crippen LogP contribution in [0.1, 0.15) is 5.69 Å². The van der Waals surface area contributed by atoms with Gasteiger partial charge in [0.15, 0.2) is 11.5 Å². The average Bonchev–Trinajstić information content (AvgIpc) is 2.92. The third-order valence-corrected chi connectivity index (χ3v) is 3.63. The van der Waals surface area contributed by atoms with Crippen LogP contribution in [0.4, 0.5) is 0 Å². The van der Waals surface area contributed by atoms with Crippen molar-refractivity contribution in [3.8, 4) is 34.1 Å². The third kappa shape index (κ3) is 2.51. The molecule has 1 aromatic carbocycles. The largest absolute Gasteiger partial charge is 0.503 e. The van der Waals surface area contributed by atoms with Crippen LogP contribution in [0.3, 0.4) is 0 Å². The van der Waals surface area contributed by atoms with Crippen LogP contribution in [-0.4, -0.2) is 27.2 Å². The van der Waals surface area contributed by atoms with Crippen molar-refractivity contribution in [2.24, 2.45) is 0 Å². The van der Waals surface area contributed by atoms with E-state index in [0.717, 1.165) is 22.5 Å². The number of rotatable bonds is 3. The lowest BCUT2D eigenvalue weighted by atomic mass is 10.2. The fourth-order valence-corrected chi connectivity index (χ4v) is 2.46.